The summed E-state index contributed by atoms with van der Waals surface area (Å²) in [6.45, 7) is 0.166. The van der Waals surface area contributed by atoms with Crippen molar-refractivity contribution in [2.75, 3.05) is 12.0 Å². The molecule has 0 spiro atoms. The molecular weight excluding hydrogens is 293 g/mol. The van der Waals surface area contributed by atoms with E-state index in [-0.39, 0.29) is 23.1 Å². The van der Waals surface area contributed by atoms with Crippen molar-refractivity contribution in [1.82, 2.24) is 9.55 Å². The van der Waals surface area contributed by atoms with Gasteiger partial charge in [-0.25, -0.2) is 9.78 Å². The van der Waals surface area contributed by atoms with Crippen LogP contribution in [0.4, 0.5) is 13.2 Å². The molecule has 1 heterocycles. The third-order valence-electron chi connectivity index (χ3n) is 2.77. The zero-order valence-corrected chi connectivity index (χ0v) is 11.3. The summed E-state index contributed by atoms with van der Waals surface area (Å²) >= 11 is 1.43. The molecule has 1 aromatic carbocycles. The fourth-order valence-corrected chi connectivity index (χ4v) is 2.25. The summed E-state index contributed by atoms with van der Waals surface area (Å²) in [4.78, 5) is 14.4. The number of hydrogen-bond acceptors (Lipinski definition) is 3. The van der Waals surface area contributed by atoms with Gasteiger partial charge in [0.25, 0.3) is 0 Å². The van der Waals surface area contributed by atoms with Crippen molar-refractivity contribution in [2.45, 2.75) is 12.7 Å². The minimum atomic E-state index is -4.57. The van der Waals surface area contributed by atoms with Crippen LogP contribution in [-0.2, 0) is 12.7 Å². The average Bonchev–Trinajstić information content (AvgIpc) is 2.73. The van der Waals surface area contributed by atoms with Crippen molar-refractivity contribution in [2.24, 2.45) is 0 Å². The molecule has 0 aliphatic rings. The summed E-state index contributed by atoms with van der Waals surface area (Å²) in [6.07, 6.45) is -2.77. The first-order valence-corrected chi connectivity index (χ1v) is 7.03. The van der Waals surface area contributed by atoms with Gasteiger partial charge in [0.1, 0.15) is 0 Å². The standard InChI is InChI=1S/C12H11F3N2O2S/c1-20-5-4-17-9-3-2-7(10(18)19)6-8(9)16-11(17)12(13,14)15/h2-3,6H,4-5H2,1H3,(H,18,19). The van der Waals surface area contributed by atoms with Crippen LogP contribution in [0, 0.1) is 0 Å². The fourth-order valence-electron chi connectivity index (χ4n) is 1.89. The average molecular weight is 304 g/mol. The van der Waals surface area contributed by atoms with Gasteiger partial charge in [-0.15, -0.1) is 0 Å². The molecule has 0 radical (unpaired) electrons. The van der Waals surface area contributed by atoms with E-state index in [4.69, 9.17) is 5.11 Å². The van der Waals surface area contributed by atoms with Gasteiger partial charge in [-0.3, -0.25) is 0 Å². The summed E-state index contributed by atoms with van der Waals surface area (Å²) in [5.41, 5.74) is 0.246. The van der Waals surface area contributed by atoms with E-state index in [1.165, 1.54) is 23.9 Å². The molecule has 0 aliphatic carbocycles. The lowest BCUT2D eigenvalue weighted by molar-refractivity contribution is -0.146. The van der Waals surface area contributed by atoms with Gasteiger partial charge in [0.2, 0.25) is 5.82 Å². The number of benzene rings is 1. The van der Waals surface area contributed by atoms with E-state index in [0.29, 0.717) is 5.75 Å². The monoisotopic (exact) mass is 304 g/mol. The van der Waals surface area contributed by atoms with Crippen LogP contribution in [0.15, 0.2) is 18.2 Å². The van der Waals surface area contributed by atoms with Gasteiger partial charge in [-0.2, -0.15) is 24.9 Å². The van der Waals surface area contributed by atoms with E-state index in [0.717, 1.165) is 10.6 Å². The Balaban J connectivity index is 2.62. The molecule has 0 fully saturated rings. The molecule has 0 saturated heterocycles. The van der Waals surface area contributed by atoms with Crippen LogP contribution in [0.5, 0.6) is 0 Å². The summed E-state index contributed by atoms with van der Waals surface area (Å²) in [7, 11) is 0. The number of thioether (sulfide) groups is 1. The lowest BCUT2D eigenvalue weighted by atomic mass is 10.2. The Bertz CT molecular complexity index is 652. The molecule has 0 saturated carbocycles. The van der Waals surface area contributed by atoms with E-state index in [9.17, 15) is 18.0 Å². The summed E-state index contributed by atoms with van der Waals surface area (Å²) in [5, 5.41) is 8.86. The van der Waals surface area contributed by atoms with Crippen molar-refractivity contribution in [3.05, 3.63) is 29.6 Å². The van der Waals surface area contributed by atoms with Crippen LogP contribution < -0.4 is 0 Å². The van der Waals surface area contributed by atoms with Crippen LogP contribution in [0.2, 0.25) is 0 Å². The van der Waals surface area contributed by atoms with Gasteiger partial charge < -0.3 is 9.67 Å². The summed E-state index contributed by atoms with van der Waals surface area (Å²) < 4.78 is 40.0. The molecule has 0 bridgehead atoms. The zero-order chi connectivity index (χ0) is 14.9. The molecule has 1 aromatic heterocycles. The second kappa shape index (κ2) is 5.35. The maximum atomic E-state index is 13.0. The molecule has 0 atom stereocenters. The summed E-state index contributed by atoms with van der Waals surface area (Å²) in [5.74, 6) is -1.68. The number of carbonyl (C=O) groups is 1. The number of aryl methyl sites for hydroxylation is 1. The van der Waals surface area contributed by atoms with Gasteiger partial charge >= 0.3 is 12.1 Å². The molecule has 4 nitrogen and oxygen atoms in total. The first-order chi connectivity index (χ1) is 9.34. The highest BCUT2D eigenvalue weighted by Gasteiger charge is 2.37. The van der Waals surface area contributed by atoms with E-state index in [1.54, 1.807) is 6.26 Å². The number of rotatable bonds is 4. The minimum absolute atomic E-state index is 0.0401. The predicted octanol–water partition coefficient (Wildman–Crippen LogP) is 3.12. The molecule has 108 valence electrons. The number of alkyl halides is 3. The Morgan fingerprint density at radius 2 is 2.15 bits per heavy atom. The first-order valence-electron chi connectivity index (χ1n) is 5.64. The number of imidazole rings is 1. The van der Waals surface area contributed by atoms with Crippen molar-refractivity contribution < 1.29 is 23.1 Å². The van der Waals surface area contributed by atoms with Crippen LogP contribution in [-0.4, -0.2) is 32.6 Å². The number of aromatic carboxylic acids is 1. The van der Waals surface area contributed by atoms with Crippen LogP contribution in [0.3, 0.4) is 0 Å². The number of hydrogen-bond donors (Lipinski definition) is 1. The van der Waals surface area contributed by atoms with Crippen LogP contribution in [0.25, 0.3) is 11.0 Å². The Labute approximate surface area is 116 Å². The SMILES string of the molecule is CSCCn1c(C(F)(F)F)nc2cc(C(=O)O)ccc21. The zero-order valence-electron chi connectivity index (χ0n) is 10.4. The minimum Gasteiger partial charge on any atom is -0.478 e. The Hall–Kier alpha value is -1.70. The van der Waals surface area contributed by atoms with E-state index in [1.807, 2.05) is 0 Å². The third-order valence-corrected chi connectivity index (χ3v) is 3.36. The topological polar surface area (TPSA) is 55.1 Å². The van der Waals surface area contributed by atoms with Crippen molar-refractivity contribution in [3.63, 3.8) is 0 Å². The normalized spacial score (nSPS) is 12.0. The van der Waals surface area contributed by atoms with Crippen molar-refractivity contribution >= 4 is 28.8 Å². The predicted molar refractivity (Wildman–Crippen MR) is 70.1 cm³/mol. The van der Waals surface area contributed by atoms with E-state index in [2.05, 4.69) is 4.98 Å². The molecule has 0 aliphatic heterocycles. The van der Waals surface area contributed by atoms with Gasteiger partial charge in [0.05, 0.1) is 16.6 Å². The Morgan fingerprint density at radius 3 is 2.70 bits per heavy atom. The second-order valence-corrected chi connectivity index (χ2v) is 5.07. The van der Waals surface area contributed by atoms with Crippen molar-refractivity contribution in [1.29, 1.82) is 0 Å². The fraction of sp³-hybridized carbons (Fsp3) is 0.333. The number of fused-ring (bicyclic) bond motifs is 1. The molecule has 20 heavy (non-hydrogen) atoms. The molecule has 0 amide bonds. The quantitative estimate of drug-likeness (QED) is 0.943. The maximum Gasteiger partial charge on any atom is 0.449 e. The van der Waals surface area contributed by atoms with Gasteiger partial charge in [0, 0.05) is 12.3 Å². The lowest BCUT2D eigenvalue weighted by Gasteiger charge is -2.10. The largest absolute Gasteiger partial charge is 0.478 e. The number of carboxylic acid groups (broad SMARTS) is 1. The van der Waals surface area contributed by atoms with Gasteiger partial charge in [-0.05, 0) is 24.5 Å². The number of nitrogens with zero attached hydrogens (tertiary/aromatic N) is 2. The first kappa shape index (κ1) is 14.7. The highest BCUT2D eigenvalue weighted by molar-refractivity contribution is 7.98. The lowest BCUT2D eigenvalue weighted by Crippen LogP contribution is -2.15. The number of carboxylic acids is 1. The maximum absolute atomic E-state index is 13.0. The highest BCUT2D eigenvalue weighted by atomic mass is 32.2. The van der Waals surface area contributed by atoms with Gasteiger partial charge in [-0.1, -0.05) is 0 Å². The van der Waals surface area contributed by atoms with E-state index >= 15 is 0 Å². The smallest absolute Gasteiger partial charge is 0.449 e. The highest BCUT2D eigenvalue weighted by Crippen LogP contribution is 2.32. The molecule has 2 aromatic rings. The molecule has 2 rings (SSSR count). The number of halogens is 3. The van der Waals surface area contributed by atoms with E-state index < -0.39 is 18.0 Å². The van der Waals surface area contributed by atoms with Crippen LogP contribution in [0.1, 0.15) is 16.2 Å². The third kappa shape index (κ3) is 2.74. The van der Waals surface area contributed by atoms with Crippen molar-refractivity contribution in [3.8, 4) is 0 Å². The Morgan fingerprint density at radius 1 is 1.45 bits per heavy atom. The Kier molecular flexibility index (Phi) is 3.94. The number of aromatic nitrogens is 2. The molecule has 1 N–H and O–H groups in total. The molecule has 0 unspecified atom stereocenters. The van der Waals surface area contributed by atoms with Gasteiger partial charge in [0.15, 0.2) is 0 Å². The second-order valence-electron chi connectivity index (χ2n) is 4.09. The molecule has 8 heteroatoms. The molecular formula is C12H11F3N2O2S. The summed E-state index contributed by atoms with van der Waals surface area (Å²) in [6, 6.07) is 3.80. The van der Waals surface area contributed by atoms with Crippen LogP contribution >= 0.6 is 11.8 Å².